The third-order valence-corrected chi connectivity index (χ3v) is 8.46. The highest BCUT2D eigenvalue weighted by Gasteiger charge is 2.28. The largest absolute Gasteiger partial charge is 0.374 e. The van der Waals surface area contributed by atoms with E-state index in [9.17, 15) is 0 Å². The van der Waals surface area contributed by atoms with Crippen molar-refractivity contribution in [3.05, 3.63) is 48.6 Å². The van der Waals surface area contributed by atoms with Gasteiger partial charge in [0.05, 0.1) is 12.2 Å². The Bertz CT molecular complexity index is 611. The van der Waals surface area contributed by atoms with E-state index in [1.165, 1.54) is 141 Å². The first-order valence-corrected chi connectivity index (χ1v) is 18.9. The highest BCUT2D eigenvalue weighted by Crippen LogP contribution is 2.14. The molecule has 0 amide bonds. The summed E-state index contributed by atoms with van der Waals surface area (Å²) in [6.07, 6.45) is 50.1. The van der Waals surface area contributed by atoms with E-state index < -0.39 is 0 Å². The molecule has 2 atom stereocenters. The van der Waals surface area contributed by atoms with Crippen molar-refractivity contribution in [3.63, 3.8) is 0 Å². The molecule has 3 nitrogen and oxygen atoms in total. The van der Waals surface area contributed by atoms with Crippen LogP contribution < -0.4 is 5.32 Å². The van der Waals surface area contributed by atoms with Gasteiger partial charge >= 0.3 is 0 Å². The molecule has 1 aliphatic heterocycles. The smallest absolute Gasteiger partial charge is 0.0973 e. The second-order valence-electron chi connectivity index (χ2n) is 12.6. The molecular formula is C40H73NO2. The van der Waals surface area contributed by atoms with Crippen molar-refractivity contribution in [2.24, 2.45) is 0 Å². The quantitative estimate of drug-likeness (QED) is 0.0616. The monoisotopic (exact) mass is 600 g/mol. The minimum absolute atomic E-state index is 0.238. The van der Waals surface area contributed by atoms with E-state index in [1.807, 2.05) is 0 Å². The van der Waals surface area contributed by atoms with Gasteiger partial charge in [-0.2, -0.15) is 0 Å². The lowest BCUT2D eigenvalue weighted by atomic mass is 10.1. The van der Waals surface area contributed by atoms with Crippen LogP contribution in [0.15, 0.2) is 48.6 Å². The minimum Gasteiger partial charge on any atom is -0.374 e. The maximum atomic E-state index is 6.21. The summed E-state index contributed by atoms with van der Waals surface area (Å²) in [5.41, 5.74) is 0. The maximum absolute atomic E-state index is 6.21. The zero-order chi connectivity index (χ0) is 30.7. The third-order valence-electron chi connectivity index (χ3n) is 8.46. The number of rotatable bonds is 32. The van der Waals surface area contributed by atoms with Crippen molar-refractivity contribution in [2.45, 2.75) is 180 Å². The van der Waals surface area contributed by atoms with E-state index in [2.05, 4.69) is 67.8 Å². The standard InChI is InChI=1S/C40H73NO2/c1-3-5-7-9-11-13-15-17-19-21-23-25-27-29-31-33-35-42-39-37-41-38-40(39)43-36-34-32-30-28-26-24-22-20-18-16-14-12-10-8-6-4-2/h11-14,17-20,39-41H,3-10,15-16,21-38H2,1-2H3/b13-11-,14-12+,19-17-,20-18+/t39-,40-/m1/s1. The number of allylic oxidation sites excluding steroid dienone is 8. The molecule has 0 aliphatic carbocycles. The normalized spacial score (nSPS) is 17.6. The van der Waals surface area contributed by atoms with Crippen molar-refractivity contribution >= 4 is 0 Å². The molecule has 1 saturated heterocycles. The van der Waals surface area contributed by atoms with Crippen molar-refractivity contribution in [1.82, 2.24) is 5.32 Å². The van der Waals surface area contributed by atoms with Crippen LogP contribution in [0.2, 0.25) is 0 Å². The molecule has 0 radical (unpaired) electrons. The number of unbranched alkanes of at least 4 members (excludes halogenated alkanes) is 18. The third kappa shape index (κ3) is 28.1. The van der Waals surface area contributed by atoms with Crippen LogP contribution in [0.3, 0.4) is 0 Å². The summed E-state index contributed by atoms with van der Waals surface area (Å²) < 4.78 is 12.4. The van der Waals surface area contributed by atoms with Gasteiger partial charge in [-0.1, -0.05) is 140 Å². The Hall–Kier alpha value is -1.16. The van der Waals surface area contributed by atoms with Gasteiger partial charge in [-0.25, -0.2) is 0 Å². The lowest BCUT2D eigenvalue weighted by Crippen LogP contribution is -2.30. The minimum atomic E-state index is 0.238. The van der Waals surface area contributed by atoms with Crippen LogP contribution in [0, 0.1) is 0 Å². The maximum Gasteiger partial charge on any atom is 0.0973 e. The molecule has 1 rings (SSSR count). The van der Waals surface area contributed by atoms with Gasteiger partial charge in [0.1, 0.15) is 0 Å². The fraction of sp³-hybridized carbons (Fsp3) is 0.800. The number of nitrogens with one attached hydrogen (secondary N) is 1. The van der Waals surface area contributed by atoms with Gasteiger partial charge in [0.2, 0.25) is 0 Å². The van der Waals surface area contributed by atoms with Gasteiger partial charge in [-0.3, -0.25) is 0 Å². The molecule has 0 aromatic heterocycles. The van der Waals surface area contributed by atoms with Crippen LogP contribution in [0.25, 0.3) is 0 Å². The first kappa shape index (κ1) is 39.9. The second kappa shape index (κ2) is 33.7. The Morgan fingerprint density at radius 1 is 0.419 bits per heavy atom. The van der Waals surface area contributed by atoms with Gasteiger partial charge in [0.25, 0.3) is 0 Å². The number of ether oxygens (including phenoxy) is 2. The van der Waals surface area contributed by atoms with Crippen LogP contribution in [-0.4, -0.2) is 38.5 Å². The van der Waals surface area contributed by atoms with E-state index in [0.29, 0.717) is 0 Å². The Labute approximate surface area is 269 Å². The molecule has 0 unspecified atom stereocenters. The Morgan fingerprint density at radius 3 is 1.12 bits per heavy atom. The van der Waals surface area contributed by atoms with Crippen LogP contribution in [0.1, 0.15) is 168 Å². The molecule has 1 heterocycles. The van der Waals surface area contributed by atoms with Crippen molar-refractivity contribution < 1.29 is 9.47 Å². The van der Waals surface area contributed by atoms with E-state index in [-0.39, 0.29) is 12.2 Å². The summed E-state index contributed by atoms with van der Waals surface area (Å²) in [6, 6.07) is 0. The molecular weight excluding hydrogens is 526 g/mol. The summed E-state index contributed by atoms with van der Waals surface area (Å²) in [6.45, 7) is 8.17. The fourth-order valence-electron chi connectivity index (χ4n) is 5.61. The van der Waals surface area contributed by atoms with Crippen molar-refractivity contribution in [1.29, 1.82) is 0 Å². The molecule has 250 valence electrons. The van der Waals surface area contributed by atoms with E-state index >= 15 is 0 Å². The predicted octanol–water partition coefficient (Wildman–Crippen LogP) is 12.0. The summed E-state index contributed by atoms with van der Waals surface area (Å²) in [7, 11) is 0. The summed E-state index contributed by atoms with van der Waals surface area (Å²) in [4.78, 5) is 0. The first-order valence-electron chi connectivity index (χ1n) is 18.9. The molecule has 1 aliphatic rings. The Kier molecular flexibility index (Phi) is 31.3. The average Bonchev–Trinajstić information content (AvgIpc) is 3.47. The topological polar surface area (TPSA) is 30.5 Å². The van der Waals surface area contributed by atoms with Crippen LogP contribution >= 0.6 is 0 Å². The second-order valence-corrected chi connectivity index (χ2v) is 12.6. The van der Waals surface area contributed by atoms with Gasteiger partial charge in [0.15, 0.2) is 0 Å². The van der Waals surface area contributed by atoms with Crippen LogP contribution in [-0.2, 0) is 9.47 Å². The molecule has 0 bridgehead atoms. The molecule has 0 aromatic carbocycles. The first-order chi connectivity index (χ1) is 21.4. The lowest BCUT2D eigenvalue weighted by molar-refractivity contribution is -0.0481. The molecule has 3 heteroatoms. The highest BCUT2D eigenvalue weighted by atomic mass is 16.5. The molecule has 1 N–H and O–H groups in total. The summed E-state index contributed by atoms with van der Waals surface area (Å²) in [5, 5.41) is 3.47. The SMILES string of the molecule is CCCCC/C=C\C/C=C\CCCCCCCCO[C@@H]1CNC[C@H]1OCCCCCCCC/C=C/C/C=C/CCCCC. The average molecular weight is 600 g/mol. The van der Waals surface area contributed by atoms with Crippen molar-refractivity contribution in [3.8, 4) is 0 Å². The van der Waals surface area contributed by atoms with E-state index in [0.717, 1.165) is 39.1 Å². The van der Waals surface area contributed by atoms with Crippen LogP contribution in [0.4, 0.5) is 0 Å². The molecule has 0 saturated carbocycles. The zero-order valence-corrected chi connectivity index (χ0v) is 28.9. The Balaban J connectivity index is 1.85. The van der Waals surface area contributed by atoms with Crippen molar-refractivity contribution in [2.75, 3.05) is 26.3 Å². The lowest BCUT2D eigenvalue weighted by Gasteiger charge is -2.20. The van der Waals surface area contributed by atoms with Gasteiger partial charge in [-0.05, 0) is 77.0 Å². The summed E-state index contributed by atoms with van der Waals surface area (Å²) >= 11 is 0. The Morgan fingerprint density at radius 2 is 0.744 bits per heavy atom. The predicted molar refractivity (Wildman–Crippen MR) is 191 cm³/mol. The zero-order valence-electron chi connectivity index (χ0n) is 28.9. The number of hydrogen-bond acceptors (Lipinski definition) is 3. The molecule has 0 aromatic rings. The van der Waals surface area contributed by atoms with Gasteiger partial charge in [0, 0.05) is 26.3 Å². The molecule has 1 fully saturated rings. The van der Waals surface area contributed by atoms with Gasteiger partial charge < -0.3 is 14.8 Å². The van der Waals surface area contributed by atoms with Gasteiger partial charge in [-0.15, -0.1) is 0 Å². The highest BCUT2D eigenvalue weighted by molar-refractivity contribution is 4.93. The number of hydrogen-bond donors (Lipinski definition) is 1. The summed E-state index contributed by atoms with van der Waals surface area (Å²) in [5.74, 6) is 0. The fourth-order valence-corrected chi connectivity index (χ4v) is 5.61. The molecule has 43 heavy (non-hydrogen) atoms. The van der Waals surface area contributed by atoms with E-state index in [1.54, 1.807) is 0 Å². The van der Waals surface area contributed by atoms with E-state index in [4.69, 9.17) is 9.47 Å². The van der Waals surface area contributed by atoms with Crippen LogP contribution in [0.5, 0.6) is 0 Å². The molecule has 0 spiro atoms.